The molecule has 2 N–H and O–H groups in total. The number of amides is 2. The van der Waals surface area contributed by atoms with Crippen LogP contribution in [0.3, 0.4) is 0 Å². The molecule has 3 atom stereocenters. The van der Waals surface area contributed by atoms with E-state index < -0.39 is 29.2 Å². The molecule has 0 spiro atoms. The molecule has 8 aliphatic rings. The summed E-state index contributed by atoms with van der Waals surface area (Å²) in [5, 5.41) is 16.1. The number of nitrogens with one attached hydrogen (secondary N) is 2. The summed E-state index contributed by atoms with van der Waals surface area (Å²) in [6, 6.07) is 1.32. The van der Waals surface area contributed by atoms with Crippen molar-refractivity contribution in [1.29, 1.82) is 5.26 Å². The Hall–Kier alpha value is -2.85. The lowest BCUT2D eigenvalue weighted by molar-refractivity contribution is -0.166. The van der Waals surface area contributed by atoms with Crippen molar-refractivity contribution in [3.63, 3.8) is 0 Å². The Bertz CT molecular complexity index is 1240. The van der Waals surface area contributed by atoms with Gasteiger partial charge in [-0.1, -0.05) is 0 Å². The van der Waals surface area contributed by atoms with Crippen LogP contribution in [-0.2, 0) is 28.7 Å². The number of esters is 2. The number of hydrogen-bond acceptors (Lipinski definition) is 9. The molecule has 6 aliphatic carbocycles. The molecule has 8 rings (SSSR count). The van der Waals surface area contributed by atoms with E-state index in [4.69, 9.17) is 9.47 Å². The van der Waals surface area contributed by atoms with Crippen LogP contribution in [0.25, 0.3) is 0 Å². The zero-order valence-electron chi connectivity index (χ0n) is 28.0. The van der Waals surface area contributed by atoms with E-state index in [1.807, 2.05) is 6.07 Å². The lowest BCUT2D eigenvalue weighted by Crippen LogP contribution is -2.58. The Labute approximate surface area is 281 Å². The first-order chi connectivity index (χ1) is 23.0. The molecule has 2 unspecified atom stereocenters. The van der Waals surface area contributed by atoms with Crippen molar-refractivity contribution in [2.75, 3.05) is 45.9 Å². The van der Waals surface area contributed by atoms with Crippen LogP contribution in [0.5, 0.6) is 0 Å². The molecule has 11 nitrogen and oxygen atoms in total. The summed E-state index contributed by atoms with van der Waals surface area (Å²) in [5.41, 5.74) is -1.31. The molecule has 4 bridgehead atoms. The van der Waals surface area contributed by atoms with E-state index in [-0.39, 0.29) is 80.6 Å². The molecule has 0 aromatic rings. The second kappa shape index (κ2) is 14.2. The highest BCUT2D eigenvalue weighted by Gasteiger charge is 2.54. The summed E-state index contributed by atoms with van der Waals surface area (Å²) in [4.78, 5) is 54.4. The first kappa shape index (κ1) is 35.0. The van der Waals surface area contributed by atoms with Crippen molar-refractivity contribution in [3.05, 3.63) is 0 Å². The van der Waals surface area contributed by atoms with Crippen LogP contribution in [0, 0.1) is 22.2 Å². The van der Waals surface area contributed by atoms with Crippen molar-refractivity contribution in [3.8, 4) is 6.07 Å². The van der Waals surface area contributed by atoms with Gasteiger partial charge in [-0.05, 0) is 96.3 Å². The van der Waals surface area contributed by atoms with Crippen molar-refractivity contribution < 1.29 is 37.4 Å². The molecule has 13 heteroatoms. The molecular weight excluding hydrogens is 624 g/mol. The van der Waals surface area contributed by atoms with Gasteiger partial charge in [-0.15, -0.1) is 0 Å². The van der Waals surface area contributed by atoms with Crippen LogP contribution in [0.1, 0.15) is 103 Å². The molecule has 2 saturated heterocycles. The topological polar surface area (TPSA) is 141 Å². The minimum atomic E-state index is -1.16. The maximum atomic E-state index is 13.8. The number of nitrogens with zero attached hydrogens (tertiary/aromatic N) is 3. The van der Waals surface area contributed by atoms with Crippen LogP contribution in [0.4, 0.5) is 8.78 Å². The zero-order chi connectivity index (χ0) is 34.0. The Morgan fingerprint density at radius 1 is 0.708 bits per heavy atom. The van der Waals surface area contributed by atoms with Gasteiger partial charge in [0.05, 0.1) is 56.3 Å². The Kier molecular flexibility index (Phi) is 10.3. The maximum Gasteiger partial charge on any atom is 0.312 e. The fourth-order valence-corrected chi connectivity index (χ4v) is 9.22. The molecule has 8 fully saturated rings. The summed E-state index contributed by atoms with van der Waals surface area (Å²) in [6.07, 6.45) is 8.61. The van der Waals surface area contributed by atoms with Crippen molar-refractivity contribution in [2.24, 2.45) is 10.8 Å². The largest absolute Gasteiger partial charge is 0.465 e. The van der Waals surface area contributed by atoms with Crippen LogP contribution >= 0.6 is 0 Å². The van der Waals surface area contributed by atoms with Crippen LogP contribution in [-0.4, -0.2) is 109 Å². The number of carbonyl (C=O) groups excluding carboxylic acids is 4. The predicted octanol–water partition coefficient (Wildman–Crippen LogP) is 3.25. The second-order valence-corrected chi connectivity index (χ2v) is 15.6. The smallest absolute Gasteiger partial charge is 0.312 e. The number of carbonyl (C=O) groups is 4. The highest BCUT2D eigenvalue weighted by Crippen LogP contribution is 2.54. The molecule has 6 saturated carbocycles. The third-order valence-electron chi connectivity index (χ3n) is 12.8. The number of alkyl halides is 2. The monoisotopic (exact) mass is 675 g/mol. The molecule has 0 radical (unpaired) electrons. The summed E-state index contributed by atoms with van der Waals surface area (Å²) < 4.78 is 38.7. The number of likely N-dealkylation sites (tertiary alicyclic amines) is 2. The average molecular weight is 676 g/mol. The van der Waals surface area contributed by atoms with Crippen LogP contribution < -0.4 is 10.6 Å². The van der Waals surface area contributed by atoms with E-state index in [2.05, 4.69) is 10.6 Å². The summed E-state index contributed by atoms with van der Waals surface area (Å²) in [5.74, 6) is -0.615. The van der Waals surface area contributed by atoms with E-state index in [9.17, 15) is 33.2 Å². The number of halogens is 2. The van der Waals surface area contributed by atoms with E-state index in [1.165, 1.54) is 4.90 Å². The predicted molar refractivity (Wildman–Crippen MR) is 170 cm³/mol. The number of fused-ring (bicyclic) bond motifs is 6. The van der Waals surface area contributed by atoms with Gasteiger partial charge in [0, 0.05) is 24.0 Å². The normalized spacial score (nSPS) is 37.0. The summed E-state index contributed by atoms with van der Waals surface area (Å²) >= 11 is 0. The van der Waals surface area contributed by atoms with Gasteiger partial charge in [0.25, 0.3) is 0 Å². The molecule has 2 amide bonds. The lowest BCUT2D eigenvalue weighted by Gasteiger charge is -2.52. The SMILES string of the molecule is N#CC1CC(F)CN1C(=O)CNC12CCC(C(=O)OCCCCOC(=O)C34CCC(NCC(=O)N5CC[C@H](F)C5)(CC3)CC4)(CC1)CC2. The minimum Gasteiger partial charge on any atom is -0.465 e. The maximum absolute atomic E-state index is 13.8. The quantitative estimate of drug-likeness (QED) is 0.222. The van der Waals surface area contributed by atoms with Gasteiger partial charge in [-0.2, -0.15) is 5.26 Å². The van der Waals surface area contributed by atoms with Gasteiger partial charge in [0.2, 0.25) is 11.8 Å². The fraction of sp³-hybridized carbons (Fsp3) is 0.857. The third-order valence-corrected chi connectivity index (χ3v) is 12.8. The first-order valence-electron chi connectivity index (χ1n) is 18.1. The van der Waals surface area contributed by atoms with E-state index in [1.54, 1.807) is 4.90 Å². The van der Waals surface area contributed by atoms with Crippen molar-refractivity contribution >= 4 is 23.8 Å². The van der Waals surface area contributed by atoms with Gasteiger partial charge >= 0.3 is 11.9 Å². The van der Waals surface area contributed by atoms with E-state index >= 15 is 0 Å². The number of hydrogen-bond donors (Lipinski definition) is 2. The fourth-order valence-electron chi connectivity index (χ4n) is 9.22. The first-order valence-corrected chi connectivity index (χ1v) is 18.1. The highest BCUT2D eigenvalue weighted by atomic mass is 19.1. The van der Waals surface area contributed by atoms with Gasteiger partial charge in [0.15, 0.2) is 0 Å². The number of rotatable bonds is 13. The summed E-state index contributed by atoms with van der Waals surface area (Å²) in [7, 11) is 0. The van der Waals surface area contributed by atoms with E-state index in [0.29, 0.717) is 45.1 Å². The lowest BCUT2D eigenvalue weighted by atomic mass is 9.57. The molecule has 2 aliphatic heterocycles. The minimum absolute atomic E-state index is 0.0295. The number of ether oxygens (including phenoxy) is 2. The second-order valence-electron chi connectivity index (χ2n) is 15.6. The van der Waals surface area contributed by atoms with Crippen LogP contribution in [0.2, 0.25) is 0 Å². The molecule has 0 aromatic carbocycles. The Morgan fingerprint density at radius 2 is 1.19 bits per heavy atom. The molecule has 48 heavy (non-hydrogen) atoms. The summed E-state index contributed by atoms with van der Waals surface area (Å²) in [6.45, 7) is 1.49. The van der Waals surface area contributed by atoms with Gasteiger partial charge < -0.3 is 29.9 Å². The van der Waals surface area contributed by atoms with Gasteiger partial charge in [-0.25, -0.2) is 8.78 Å². The molecule has 266 valence electrons. The van der Waals surface area contributed by atoms with E-state index in [0.717, 1.165) is 57.8 Å². The standard InChI is InChI=1S/C35H51F2N5O6/c36-25-3-16-41(23-25)28(43)21-39-34-10-4-32(5-11-34,6-12-34)30(45)47-17-1-2-18-48-31(46)33-7-13-35(14-8-33,15-9-33)40-22-29(44)42-24-26(37)19-27(42)20-38/h25-27,39-40H,1-19,21-24H2/t25-,26?,27?,32?,33?,34?,35?/m0/s1. The van der Waals surface area contributed by atoms with Crippen LogP contribution in [0.15, 0.2) is 0 Å². The number of nitriles is 1. The van der Waals surface area contributed by atoms with Crippen molar-refractivity contribution in [2.45, 2.75) is 132 Å². The molecule has 2 heterocycles. The number of unbranched alkanes of at least 4 members (excludes halogenated alkanes) is 1. The van der Waals surface area contributed by atoms with Gasteiger partial charge in [0.1, 0.15) is 18.4 Å². The Balaban J connectivity index is 0.842. The average Bonchev–Trinajstić information content (AvgIpc) is 3.74. The Morgan fingerprint density at radius 3 is 1.62 bits per heavy atom. The highest BCUT2D eigenvalue weighted by molar-refractivity contribution is 5.80. The molecular formula is C35H51F2N5O6. The zero-order valence-corrected chi connectivity index (χ0v) is 28.0. The van der Waals surface area contributed by atoms with Crippen molar-refractivity contribution in [1.82, 2.24) is 20.4 Å². The molecule has 0 aromatic heterocycles. The third kappa shape index (κ3) is 7.21. The van der Waals surface area contributed by atoms with Gasteiger partial charge in [-0.3, -0.25) is 19.2 Å².